The molecule has 3 rings (SSSR count). The predicted molar refractivity (Wildman–Crippen MR) is 89.7 cm³/mol. The molecule has 1 atom stereocenters. The molecule has 0 radical (unpaired) electrons. The van der Waals surface area contributed by atoms with Gasteiger partial charge in [-0.05, 0) is 44.4 Å². The van der Waals surface area contributed by atoms with Crippen LogP contribution in [0, 0.1) is 5.92 Å². The molecule has 1 unspecified atom stereocenters. The summed E-state index contributed by atoms with van der Waals surface area (Å²) >= 11 is 0. The number of fused-ring (bicyclic) bond motifs is 1. The van der Waals surface area contributed by atoms with Crippen molar-refractivity contribution in [3.8, 4) is 0 Å². The lowest BCUT2D eigenvalue weighted by Crippen LogP contribution is -2.32. The van der Waals surface area contributed by atoms with E-state index in [9.17, 15) is 0 Å². The maximum Gasteiger partial charge on any atom is 0.133 e. The number of nitrogens with one attached hydrogen (secondary N) is 1. The van der Waals surface area contributed by atoms with Crippen LogP contribution in [0.25, 0.3) is 10.9 Å². The lowest BCUT2D eigenvalue weighted by Gasteiger charge is -2.28. The molecule has 1 aliphatic carbocycles. The topological polar surface area (TPSA) is 28.2 Å². The summed E-state index contributed by atoms with van der Waals surface area (Å²) in [4.78, 5) is 7.32. The Morgan fingerprint density at radius 3 is 2.81 bits per heavy atom. The second-order valence-electron chi connectivity index (χ2n) is 6.13. The Morgan fingerprint density at radius 1 is 1.33 bits per heavy atom. The van der Waals surface area contributed by atoms with Crippen molar-refractivity contribution in [2.45, 2.75) is 39.3 Å². The van der Waals surface area contributed by atoms with Gasteiger partial charge in [0.05, 0.1) is 5.52 Å². The van der Waals surface area contributed by atoms with Crippen LogP contribution in [-0.2, 0) is 6.54 Å². The quantitative estimate of drug-likeness (QED) is 0.878. The van der Waals surface area contributed by atoms with Crippen molar-refractivity contribution in [1.29, 1.82) is 0 Å². The first-order valence-corrected chi connectivity index (χ1v) is 8.03. The van der Waals surface area contributed by atoms with E-state index < -0.39 is 0 Å². The Kier molecular flexibility index (Phi) is 4.11. The van der Waals surface area contributed by atoms with Crippen LogP contribution in [0.5, 0.6) is 0 Å². The van der Waals surface area contributed by atoms with Gasteiger partial charge in [0.1, 0.15) is 5.82 Å². The van der Waals surface area contributed by atoms with Gasteiger partial charge in [0, 0.05) is 30.6 Å². The Balaban J connectivity index is 1.99. The molecule has 3 nitrogen and oxygen atoms in total. The molecule has 0 amide bonds. The molecular weight excluding hydrogens is 258 g/mol. The van der Waals surface area contributed by atoms with Gasteiger partial charge in [-0.15, -0.1) is 0 Å². The van der Waals surface area contributed by atoms with Crippen LogP contribution in [-0.4, -0.2) is 24.6 Å². The average Bonchev–Trinajstić information content (AvgIpc) is 3.35. The highest BCUT2D eigenvalue weighted by molar-refractivity contribution is 5.81. The van der Waals surface area contributed by atoms with Crippen LogP contribution in [0.1, 0.15) is 32.3 Å². The van der Waals surface area contributed by atoms with E-state index in [0.717, 1.165) is 30.3 Å². The van der Waals surface area contributed by atoms with Crippen molar-refractivity contribution in [1.82, 2.24) is 10.3 Å². The van der Waals surface area contributed by atoms with E-state index in [1.807, 2.05) is 0 Å². The molecule has 21 heavy (non-hydrogen) atoms. The number of pyridine rings is 1. The van der Waals surface area contributed by atoms with Gasteiger partial charge >= 0.3 is 0 Å². The summed E-state index contributed by atoms with van der Waals surface area (Å²) < 4.78 is 0. The molecule has 1 heterocycles. The summed E-state index contributed by atoms with van der Waals surface area (Å²) in [7, 11) is 2.19. The average molecular weight is 283 g/mol. The summed E-state index contributed by atoms with van der Waals surface area (Å²) in [5, 5.41) is 4.67. The zero-order chi connectivity index (χ0) is 14.8. The minimum absolute atomic E-state index is 0.569. The second kappa shape index (κ2) is 6.02. The van der Waals surface area contributed by atoms with Gasteiger partial charge in [-0.25, -0.2) is 4.98 Å². The van der Waals surface area contributed by atoms with Crippen LogP contribution >= 0.6 is 0 Å². The smallest absolute Gasteiger partial charge is 0.133 e. The summed E-state index contributed by atoms with van der Waals surface area (Å²) in [5.41, 5.74) is 2.38. The van der Waals surface area contributed by atoms with Gasteiger partial charge in [0.25, 0.3) is 0 Å². The molecule has 1 saturated carbocycles. The molecule has 1 aliphatic rings. The fourth-order valence-corrected chi connectivity index (χ4v) is 2.93. The number of benzene rings is 1. The van der Waals surface area contributed by atoms with E-state index >= 15 is 0 Å². The summed E-state index contributed by atoms with van der Waals surface area (Å²) in [6.07, 6.45) is 2.73. The highest BCUT2D eigenvalue weighted by Gasteiger charge is 2.31. The number of hydrogen-bond donors (Lipinski definition) is 1. The van der Waals surface area contributed by atoms with E-state index in [4.69, 9.17) is 4.98 Å². The van der Waals surface area contributed by atoms with E-state index in [1.165, 1.54) is 23.8 Å². The van der Waals surface area contributed by atoms with Gasteiger partial charge in [-0.1, -0.05) is 25.1 Å². The molecule has 1 fully saturated rings. The van der Waals surface area contributed by atoms with Crippen molar-refractivity contribution >= 4 is 16.7 Å². The van der Waals surface area contributed by atoms with Gasteiger partial charge in [-0.2, -0.15) is 0 Å². The summed E-state index contributed by atoms with van der Waals surface area (Å²) in [6.45, 7) is 6.33. The molecule has 112 valence electrons. The molecule has 0 bridgehead atoms. The molecule has 1 aromatic carbocycles. The molecule has 0 spiro atoms. The van der Waals surface area contributed by atoms with Crippen molar-refractivity contribution < 1.29 is 0 Å². The van der Waals surface area contributed by atoms with Crippen LogP contribution in [0.2, 0.25) is 0 Å². The van der Waals surface area contributed by atoms with E-state index in [0.29, 0.717) is 6.04 Å². The highest BCUT2D eigenvalue weighted by Crippen LogP contribution is 2.37. The zero-order valence-corrected chi connectivity index (χ0v) is 13.3. The van der Waals surface area contributed by atoms with E-state index in [-0.39, 0.29) is 0 Å². The third kappa shape index (κ3) is 3.03. The van der Waals surface area contributed by atoms with Crippen molar-refractivity contribution in [3.05, 3.63) is 35.9 Å². The Hall–Kier alpha value is -1.61. The van der Waals surface area contributed by atoms with Crippen molar-refractivity contribution in [2.24, 2.45) is 5.92 Å². The fourth-order valence-electron chi connectivity index (χ4n) is 2.93. The van der Waals surface area contributed by atoms with Crippen LogP contribution in [0.15, 0.2) is 30.3 Å². The minimum atomic E-state index is 0.569. The molecule has 1 aromatic heterocycles. The summed E-state index contributed by atoms with van der Waals surface area (Å²) in [6, 6.07) is 11.2. The van der Waals surface area contributed by atoms with E-state index in [1.54, 1.807) is 0 Å². The molecule has 1 N–H and O–H groups in total. The van der Waals surface area contributed by atoms with Crippen LogP contribution in [0.3, 0.4) is 0 Å². The SMILES string of the molecule is CCNCc1cc2ccccc2nc1N(C)C(C)C1CC1. The largest absolute Gasteiger partial charge is 0.356 e. The Bertz CT molecular complexity index is 619. The Morgan fingerprint density at radius 2 is 2.10 bits per heavy atom. The van der Waals surface area contributed by atoms with E-state index in [2.05, 4.69) is 61.4 Å². The number of hydrogen-bond acceptors (Lipinski definition) is 3. The number of nitrogens with zero attached hydrogens (tertiary/aromatic N) is 2. The highest BCUT2D eigenvalue weighted by atomic mass is 15.2. The fraction of sp³-hybridized carbons (Fsp3) is 0.500. The first-order valence-electron chi connectivity index (χ1n) is 8.03. The number of anilines is 1. The summed E-state index contributed by atoms with van der Waals surface area (Å²) in [5.74, 6) is 1.98. The number of rotatable bonds is 6. The lowest BCUT2D eigenvalue weighted by atomic mass is 10.1. The second-order valence-corrected chi connectivity index (χ2v) is 6.13. The van der Waals surface area contributed by atoms with Gasteiger partial charge in [-0.3, -0.25) is 0 Å². The monoisotopic (exact) mass is 283 g/mol. The molecule has 2 aromatic rings. The van der Waals surface area contributed by atoms with Crippen molar-refractivity contribution in [3.63, 3.8) is 0 Å². The Labute approximate surface area is 127 Å². The first-order chi connectivity index (χ1) is 10.2. The molecule has 3 heteroatoms. The van der Waals surface area contributed by atoms with Crippen LogP contribution < -0.4 is 10.2 Å². The van der Waals surface area contributed by atoms with Gasteiger partial charge in [0.15, 0.2) is 0 Å². The lowest BCUT2D eigenvalue weighted by molar-refractivity contribution is 0.600. The predicted octanol–water partition coefficient (Wildman–Crippen LogP) is 3.58. The van der Waals surface area contributed by atoms with Crippen LogP contribution in [0.4, 0.5) is 5.82 Å². The maximum atomic E-state index is 4.95. The van der Waals surface area contributed by atoms with Gasteiger partial charge in [0.2, 0.25) is 0 Å². The third-order valence-corrected chi connectivity index (χ3v) is 4.59. The normalized spacial score (nSPS) is 16.1. The molecular formula is C18H25N3. The number of para-hydroxylation sites is 1. The molecule has 0 saturated heterocycles. The van der Waals surface area contributed by atoms with Gasteiger partial charge < -0.3 is 10.2 Å². The third-order valence-electron chi connectivity index (χ3n) is 4.59. The molecule has 0 aliphatic heterocycles. The standard InChI is InChI=1S/C18H25N3/c1-4-19-12-16-11-15-7-5-6-8-17(15)20-18(16)21(3)13(2)14-9-10-14/h5-8,11,13-14,19H,4,9-10,12H2,1-3H3. The minimum Gasteiger partial charge on any atom is -0.356 e. The zero-order valence-electron chi connectivity index (χ0n) is 13.3. The first kappa shape index (κ1) is 14.3. The number of aromatic nitrogens is 1. The maximum absolute atomic E-state index is 4.95. The van der Waals surface area contributed by atoms with Crippen molar-refractivity contribution in [2.75, 3.05) is 18.5 Å².